The van der Waals surface area contributed by atoms with Gasteiger partial charge in [-0.1, -0.05) is 22.0 Å². The first-order valence-electron chi connectivity index (χ1n) is 5.36. The van der Waals surface area contributed by atoms with E-state index < -0.39 is 5.91 Å². The molecule has 1 aromatic rings. The van der Waals surface area contributed by atoms with Crippen molar-refractivity contribution in [1.82, 2.24) is 4.90 Å². The average molecular weight is 303 g/mol. The maximum atomic E-state index is 13.6. The number of primary amides is 1. The lowest BCUT2D eigenvalue weighted by Gasteiger charge is -2.25. The predicted molar refractivity (Wildman–Crippen MR) is 68.8 cm³/mol. The number of carbonyl (C=O) groups is 1. The van der Waals surface area contributed by atoms with Gasteiger partial charge in [-0.25, -0.2) is 4.39 Å². The van der Waals surface area contributed by atoms with Gasteiger partial charge in [0.25, 0.3) is 0 Å². The van der Waals surface area contributed by atoms with E-state index >= 15 is 0 Å². The SMILES string of the molecule is CC(C)N(CC(N)=O)Cc1ccc(Br)cc1F. The van der Waals surface area contributed by atoms with Gasteiger partial charge in [0.2, 0.25) is 5.91 Å². The second-order valence-electron chi connectivity index (χ2n) is 4.20. The first-order chi connectivity index (χ1) is 7.90. The minimum Gasteiger partial charge on any atom is -0.369 e. The fourth-order valence-corrected chi connectivity index (χ4v) is 1.82. The maximum absolute atomic E-state index is 13.6. The second-order valence-corrected chi connectivity index (χ2v) is 5.12. The molecule has 0 atom stereocenters. The highest BCUT2D eigenvalue weighted by atomic mass is 79.9. The lowest BCUT2D eigenvalue weighted by atomic mass is 10.1. The first-order valence-corrected chi connectivity index (χ1v) is 6.15. The number of rotatable bonds is 5. The molecule has 1 rings (SSSR count). The summed E-state index contributed by atoms with van der Waals surface area (Å²) in [5.74, 6) is -0.689. The summed E-state index contributed by atoms with van der Waals surface area (Å²) in [6, 6.07) is 5.03. The largest absolute Gasteiger partial charge is 0.369 e. The summed E-state index contributed by atoms with van der Waals surface area (Å²) in [4.78, 5) is 12.8. The van der Waals surface area contributed by atoms with Gasteiger partial charge in [-0.2, -0.15) is 0 Å². The Morgan fingerprint density at radius 1 is 1.53 bits per heavy atom. The number of carbonyl (C=O) groups excluding carboxylic acids is 1. The smallest absolute Gasteiger partial charge is 0.231 e. The molecule has 0 aliphatic heterocycles. The molecule has 0 bridgehead atoms. The third-order valence-corrected chi connectivity index (χ3v) is 2.97. The van der Waals surface area contributed by atoms with Crippen molar-refractivity contribution in [3.63, 3.8) is 0 Å². The Hall–Kier alpha value is -0.940. The van der Waals surface area contributed by atoms with Crippen molar-refractivity contribution < 1.29 is 9.18 Å². The minimum atomic E-state index is -0.406. The van der Waals surface area contributed by atoms with Gasteiger partial charge in [0.05, 0.1) is 6.54 Å². The predicted octanol–water partition coefficient (Wildman–Crippen LogP) is 2.28. The van der Waals surface area contributed by atoms with Crippen molar-refractivity contribution in [2.24, 2.45) is 5.73 Å². The molecule has 94 valence electrons. The van der Waals surface area contributed by atoms with Crippen LogP contribution in [-0.2, 0) is 11.3 Å². The highest BCUT2D eigenvalue weighted by Crippen LogP contribution is 2.17. The summed E-state index contributed by atoms with van der Waals surface area (Å²) in [6.07, 6.45) is 0. The van der Waals surface area contributed by atoms with Crippen LogP contribution < -0.4 is 5.73 Å². The van der Waals surface area contributed by atoms with Gasteiger partial charge in [0.1, 0.15) is 5.82 Å². The van der Waals surface area contributed by atoms with Gasteiger partial charge >= 0.3 is 0 Å². The Labute approximate surface area is 109 Å². The maximum Gasteiger partial charge on any atom is 0.231 e. The van der Waals surface area contributed by atoms with Gasteiger partial charge in [-0.3, -0.25) is 9.69 Å². The van der Waals surface area contributed by atoms with E-state index in [1.807, 2.05) is 18.7 Å². The van der Waals surface area contributed by atoms with E-state index in [4.69, 9.17) is 5.73 Å². The van der Waals surface area contributed by atoms with Crippen LogP contribution in [0.15, 0.2) is 22.7 Å². The first kappa shape index (κ1) is 14.1. The lowest BCUT2D eigenvalue weighted by Crippen LogP contribution is -2.38. The fraction of sp³-hybridized carbons (Fsp3) is 0.417. The van der Waals surface area contributed by atoms with Crippen LogP contribution in [0.3, 0.4) is 0 Å². The zero-order valence-electron chi connectivity index (χ0n) is 9.91. The number of amides is 1. The van der Waals surface area contributed by atoms with E-state index in [0.717, 1.165) is 0 Å². The molecular weight excluding hydrogens is 287 g/mol. The van der Waals surface area contributed by atoms with Crippen LogP contribution in [0.5, 0.6) is 0 Å². The molecule has 0 radical (unpaired) electrons. The van der Waals surface area contributed by atoms with Gasteiger partial charge in [0.15, 0.2) is 0 Å². The van der Waals surface area contributed by atoms with Crippen LogP contribution >= 0.6 is 15.9 Å². The zero-order chi connectivity index (χ0) is 13.0. The van der Waals surface area contributed by atoms with Gasteiger partial charge < -0.3 is 5.73 Å². The highest BCUT2D eigenvalue weighted by molar-refractivity contribution is 9.10. The molecule has 2 N–H and O–H groups in total. The summed E-state index contributed by atoms with van der Waals surface area (Å²) in [7, 11) is 0. The van der Waals surface area contributed by atoms with Crippen molar-refractivity contribution >= 4 is 21.8 Å². The standard InChI is InChI=1S/C12H16BrFN2O/c1-8(2)16(7-12(15)17)6-9-3-4-10(13)5-11(9)14/h3-5,8H,6-7H2,1-2H3,(H2,15,17). The van der Waals surface area contributed by atoms with Crippen molar-refractivity contribution in [2.75, 3.05) is 6.54 Å². The Morgan fingerprint density at radius 3 is 2.65 bits per heavy atom. The number of nitrogens with zero attached hydrogens (tertiary/aromatic N) is 1. The quantitative estimate of drug-likeness (QED) is 0.907. The third kappa shape index (κ3) is 4.44. The normalized spacial score (nSPS) is 11.2. The number of hydrogen-bond donors (Lipinski definition) is 1. The zero-order valence-corrected chi connectivity index (χ0v) is 11.5. The van der Waals surface area contributed by atoms with Gasteiger partial charge in [-0.15, -0.1) is 0 Å². The summed E-state index contributed by atoms with van der Waals surface area (Å²) < 4.78 is 14.3. The molecule has 0 fully saturated rings. The Bertz CT molecular complexity index is 409. The Morgan fingerprint density at radius 2 is 2.18 bits per heavy atom. The van der Waals surface area contributed by atoms with Crippen LogP contribution in [0.2, 0.25) is 0 Å². The molecule has 17 heavy (non-hydrogen) atoms. The lowest BCUT2D eigenvalue weighted by molar-refractivity contribution is -0.119. The van der Waals surface area contributed by atoms with Crippen molar-refractivity contribution in [1.29, 1.82) is 0 Å². The van der Waals surface area contributed by atoms with E-state index in [1.54, 1.807) is 12.1 Å². The second kappa shape index (κ2) is 6.12. The summed E-state index contributed by atoms with van der Waals surface area (Å²) >= 11 is 3.20. The summed E-state index contributed by atoms with van der Waals surface area (Å²) in [6.45, 7) is 4.40. The molecule has 0 spiro atoms. The highest BCUT2D eigenvalue weighted by Gasteiger charge is 2.14. The molecule has 5 heteroatoms. The molecule has 0 heterocycles. The molecule has 3 nitrogen and oxygen atoms in total. The van der Waals surface area contributed by atoms with Gasteiger partial charge in [-0.05, 0) is 26.0 Å². The number of nitrogens with two attached hydrogens (primary N) is 1. The minimum absolute atomic E-state index is 0.130. The van der Waals surface area contributed by atoms with Crippen LogP contribution in [0.4, 0.5) is 4.39 Å². The third-order valence-electron chi connectivity index (χ3n) is 2.48. The molecule has 1 aromatic carbocycles. The fourth-order valence-electron chi connectivity index (χ4n) is 1.49. The molecule has 0 saturated carbocycles. The molecule has 0 aliphatic rings. The molecule has 0 aliphatic carbocycles. The van der Waals surface area contributed by atoms with Crippen molar-refractivity contribution in [3.05, 3.63) is 34.1 Å². The van der Waals surface area contributed by atoms with Crippen molar-refractivity contribution in [2.45, 2.75) is 26.4 Å². The average Bonchev–Trinajstić information content (AvgIpc) is 2.19. The summed E-state index contributed by atoms with van der Waals surface area (Å²) in [5, 5.41) is 0. The topological polar surface area (TPSA) is 46.3 Å². The van der Waals surface area contributed by atoms with E-state index in [0.29, 0.717) is 16.6 Å². The molecule has 1 amide bonds. The molecular formula is C12H16BrFN2O. The van der Waals surface area contributed by atoms with Crippen molar-refractivity contribution in [3.8, 4) is 0 Å². The van der Waals surface area contributed by atoms with Crippen LogP contribution in [-0.4, -0.2) is 23.4 Å². The summed E-state index contributed by atoms with van der Waals surface area (Å²) in [5.41, 5.74) is 5.72. The van der Waals surface area contributed by atoms with E-state index in [1.165, 1.54) is 6.07 Å². The number of benzene rings is 1. The van der Waals surface area contributed by atoms with Crippen LogP contribution in [0.25, 0.3) is 0 Å². The molecule has 0 unspecified atom stereocenters. The monoisotopic (exact) mass is 302 g/mol. The number of halogens is 2. The van der Waals surface area contributed by atoms with E-state index in [9.17, 15) is 9.18 Å². The van der Waals surface area contributed by atoms with Crippen LogP contribution in [0.1, 0.15) is 19.4 Å². The van der Waals surface area contributed by atoms with E-state index in [2.05, 4.69) is 15.9 Å². The van der Waals surface area contributed by atoms with Gasteiger partial charge in [0, 0.05) is 22.6 Å². The Kier molecular flexibility index (Phi) is 5.08. The van der Waals surface area contributed by atoms with Crippen LogP contribution in [0, 0.1) is 5.82 Å². The van der Waals surface area contributed by atoms with E-state index in [-0.39, 0.29) is 18.4 Å². The Balaban J connectivity index is 2.82. The molecule has 0 aromatic heterocycles. The molecule has 0 saturated heterocycles. The number of hydrogen-bond acceptors (Lipinski definition) is 2.